The molecule has 0 N–H and O–H groups in total. The minimum atomic E-state index is -0.0238. The predicted octanol–water partition coefficient (Wildman–Crippen LogP) is 12.4. The molecular weight excluding hydrogens is 704 g/mol. The van der Waals surface area contributed by atoms with Crippen LogP contribution in [0.4, 0.5) is 28.4 Å². The average Bonchev–Trinajstić information content (AvgIpc) is 3.93. The zero-order chi connectivity index (χ0) is 36.2. The van der Waals surface area contributed by atoms with E-state index in [0.717, 1.165) is 0 Å². The summed E-state index contributed by atoms with van der Waals surface area (Å²) < 4.78 is 5.37. The summed E-state index contributed by atoms with van der Waals surface area (Å²) in [4.78, 5) is 5.41. The van der Waals surface area contributed by atoms with E-state index in [1.54, 1.807) is 0 Å². The van der Waals surface area contributed by atoms with Gasteiger partial charge in [-0.1, -0.05) is 116 Å². The van der Waals surface area contributed by atoms with Crippen molar-refractivity contribution in [2.24, 2.45) is 0 Å². The Morgan fingerprint density at radius 1 is 0.509 bits per heavy atom. The monoisotopic (exact) mass is 740 g/mol. The van der Waals surface area contributed by atoms with Crippen LogP contribution in [0.3, 0.4) is 0 Å². The van der Waals surface area contributed by atoms with Crippen molar-refractivity contribution < 1.29 is 0 Å². The van der Waals surface area contributed by atoms with Gasteiger partial charge in [0, 0.05) is 68.8 Å². The maximum absolute atomic E-state index is 2.77. The molecule has 1 fully saturated rings. The highest BCUT2D eigenvalue weighted by molar-refractivity contribution is 7.26. The van der Waals surface area contributed by atoms with Crippen molar-refractivity contribution >= 4 is 115 Å². The van der Waals surface area contributed by atoms with E-state index in [2.05, 4.69) is 163 Å². The van der Waals surface area contributed by atoms with E-state index in [9.17, 15) is 0 Å². The van der Waals surface area contributed by atoms with Crippen molar-refractivity contribution in [3.05, 3.63) is 145 Å². The van der Waals surface area contributed by atoms with E-state index < -0.39 is 0 Å². The number of benzene rings is 7. The number of rotatable bonds is 2. The Labute approximate surface area is 329 Å². The molecule has 3 aliphatic heterocycles. The summed E-state index contributed by atoms with van der Waals surface area (Å²) in [6, 6.07) is 53.8. The highest BCUT2D eigenvalue weighted by Crippen LogP contribution is 2.61. The van der Waals surface area contributed by atoms with Crippen LogP contribution in [-0.4, -0.2) is 12.3 Å². The smallest absolute Gasteiger partial charge is 0.248 e. The van der Waals surface area contributed by atoms with Gasteiger partial charge in [-0.05, 0) is 101 Å². The first-order valence-corrected chi connectivity index (χ1v) is 21.5. The lowest BCUT2D eigenvalue weighted by Gasteiger charge is -2.50. The van der Waals surface area contributed by atoms with Crippen LogP contribution in [-0.2, 0) is 5.41 Å². The molecule has 0 spiro atoms. The molecule has 13 rings (SSSR count). The fourth-order valence-electron chi connectivity index (χ4n) is 11.5. The fourth-order valence-corrected chi connectivity index (χ4v) is 13.8. The number of para-hydroxylation sites is 1. The molecule has 2 nitrogen and oxygen atoms in total. The van der Waals surface area contributed by atoms with Crippen LogP contribution < -0.4 is 26.2 Å². The van der Waals surface area contributed by atoms with Crippen molar-refractivity contribution in [1.82, 2.24) is 0 Å². The summed E-state index contributed by atoms with van der Waals surface area (Å²) in [5.74, 6) is 0. The largest absolute Gasteiger partial charge is 0.334 e. The zero-order valence-electron chi connectivity index (χ0n) is 30.9. The van der Waals surface area contributed by atoms with Gasteiger partial charge in [-0.2, -0.15) is 0 Å². The summed E-state index contributed by atoms with van der Waals surface area (Å²) in [5.41, 5.74) is 15.1. The third-order valence-corrected chi connectivity index (χ3v) is 16.5. The van der Waals surface area contributed by atoms with Crippen LogP contribution in [0, 0.1) is 0 Å². The van der Waals surface area contributed by atoms with Crippen molar-refractivity contribution in [2.75, 3.05) is 9.80 Å². The molecular formula is C50H37BN2S2. The topological polar surface area (TPSA) is 6.48 Å². The molecule has 0 amide bonds. The summed E-state index contributed by atoms with van der Waals surface area (Å²) >= 11 is 3.83. The van der Waals surface area contributed by atoms with Crippen molar-refractivity contribution in [1.29, 1.82) is 0 Å². The molecule has 0 saturated heterocycles. The molecule has 4 aliphatic rings. The molecule has 2 unspecified atom stereocenters. The third kappa shape index (κ3) is 3.86. The van der Waals surface area contributed by atoms with Gasteiger partial charge in [-0.3, -0.25) is 0 Å². The molecule has 1 saturated carbocycles. The summed E-state index contributed by atoms with van der Waals surface area (Å²) in [5, 5.41) is 5.40. The number of hydrogen-bond donors (Lipinski definition) is 0. The molecule has 5 heterocycles. The highest BCUT2D eigenvalue weighted by Gasteiger charge is 2.58. The second-order valence-corrected chi connectivity index (χ2v) is 18.9. The van der Waals surface area contributed by atoms with Crippen LogP contribution in [0.15, 0.2) is 140 Å². The SMILES string of the molecule is CC12CCCCC1(C)N(c1cc3c4c(c1)N(c1ccc5c(c1)sc1ccccc15)c1cc5sc6ccccc6c5cc1B4c1ccccc1-3)c1ccccc12. The lowest BCUT2D eigenvalue weighted by atomic mass is 9.37. The Bertz CT molecular complexity index is 3140. The van der Waals surface area contributed by atoms with Gasteiger partial charge in [0.1, 0.15) is 0 Å². The van der Waals surface area contributed by atoms with Gasteiger partial charge >= 0.3 is 0 Å². The van der Waals surface area contributed by atoms with Gasteiger partial charge in [0.15, 0.2) is 0 Å². The zero-order valence-corrected chi connectivity index (χ0v) is 32.5. The van der Waals surface area contributed by atoms with Crippen LogP contribution in [0.1, 0.15) is 45.1 Å². The van der Waals surface area contributed by atoms with Crippen molar-refractivity contribution in [3.63, 3.8) is 0 Å². The van der Waals surface area contributed by atoms with Gasteiger partial charge in [-0.25, -0.2) is 0 Å². The minimum absolute atomic E-state index is 0.0238. The lowest BCUT2D eigenvalue weighted by molar-refractivity contribution is 0.195. The molecule has 1 aliphatic carbocycles. The van der Waals surface area contributed by atoms with E-state index in [-0.39, 0.29) is 17.7 Å². The number of hydrogen-bond acceptors (Lipinski definition) is 4. The first kappa shape index (κ1) is 30.9. The Morgan fingerprint density at radius 3 is 2.05 bits per heavy atom. The van der Waals surface area contributed by atoms with Crippen molar-refractivity contribution in [2.45, 2.75) is 50.5 Å². The Balaban J connectivity index is 1.13. The summed E-state index contributed by atoms with van der Waals surface area (Å²) in [6.07, 6.45) is 4.96. The molecule has 2 atom stereocenters. The summed E-state index contributed by atoms with van der Waals surface area (Å²) in [6.45, 7) is 5.27. The quantitative estimate of drug-likeness (QED) is 0.163. The normalized spacial score (nSPS) is 20.7. The molecule has 7 aromatic carbocycles. The van der Waals surface area contributed by atoms with Gasteiger partial charge < -0.3 is 9.80 Å². The second-order valence-electron chi connectivity index (χ2n) is 16.7. The van der Waals surface area contributed by atoms with E-state index >= 15 is 0 Å². The number of nitrogens with zero attached hydrogens (tertiary/aromatic N) is 2. The number of anilines is 5. The first-order chi connectivity index (χ1) is 27.0. The minimum Gasteiger partial charge on any atom is -0.334 e. The van der Waals surface area contributed by atoms with Crippen LogP contribution >= 0.6 is 22.7 Å². The molecule has 55 heavy (non-hydrogen) atoms. The number of thiophene rings is 2. The third-order valence-electron chi connectivity index (χ3n) is 14.2. The first-order valence-electron chi connectivity index (χ1n) is 19.8. The molecule has 9 aromatic rings. The van der Waals surface area contributed by atoms with E-state index in [4.69, 9.17) is 0 Å². The number of fused-ring (bicyclic) bond motifs is 14. The Hall–Kier alpha value is -5.36. The van der Waals surface area contributed by atoms with E-state index in [1.807, 2.05) is 22.7 Å². The fraction of sp³-hybridized carbons (Fsp3) is 0.160. The van der Waals surface area contributed by atoms with Gasteiger partial charge in [0.2, 0.25) is 6.71 Å². The van der Waals surface area contributed by atoms with Gasteiger partial charge in [0.25, 0.3) is 0 Å². The maximum Gasteiger partial charge on any atom is 0.248 e. The molecule has 0 radical (unpaired) electrons. The Kier molecular flexibility index (Phi) is 6.01. The van der Waals surface area contributed by atoms with Crippen LogP contribution in [0.5, 0.6) is 0 Å². The second kappa shape index (κ2) is 10.7. The lowest BCUT2D eigenvalue weighted by Crippen LogP contribution is -2.55. The standard InChI is InChI=1S/C50H37BN2S2/c1-49-23-11-12-24-50(49,2)53(41-18-8-6-16-38(41)49)31-25-37-32-13-3-7-17-39(32)51-40-28-36-34-15-5-10-20-45(34)55-47(36)29-42(40)52(43(26-31)48(37)51)30-21-22-35-33-14-4-9-19-44(33)54-46(35)27-30/h3-10,13-22,25-29H,11-12,23-24H2,1-2H3. The molecule has 0 bridgehead atoms. The molecule has 2 aromatic heterocycles. The van der Waals surface area contributed by atoms with Crippen LogP contribution in [0.25, 0.3) is 51.5 Å². The van der Waals surface area contributed by atoms with Gasteiger partial charge in [0.05, 0.1) is 5.54 Å². The average molecular weight is 741 g/mol. The highest BCUT2D eigenvalue weighted by atomic mass is 32.1. The predicted molar refractivity (Wildman–Crippen MR) is 240 cm³/mol. The summed E-state index contributed by atoms with van der Waals surface area (Å²) in [7, 11) is 0. The van der Waals surface area contributed by atoms with Crippen LogP contribution in [0.2, 0.25) is 0 Å². The van der Waals surface area contributed by atoms with Crippen molar-refractivity contribution in [3.8, 4) is 11.1 Å². The molecule has 262 valence electrons. The maximum atomic E-state index is 2.77. The van der Waals surface area contributed by atoms with E-state index in [1.165, 1.54) is 128 Å². The molecule has 5 heteroatoms. The van der Waals surface area contributed by atoms with E-state index in [0.29, 0.717) is 0 Å². The Morgan fingerprint density at radius 2 is 1.20 bits per heavy atom. The van der Waals surface area contributed by atoms with Gasteiger partial charge in [-0.15, -0.1) is 22.7 Å².